The lowest BCUT2D eigenvalue weighted by atomic mass is 10.00. The quantitative estimate of drug-likeness (QED) is 0.581. The minimum atomic E-state index is -0.504. The molecule has 0 aliphatic heterocycles. The highest BCUT2D eigenvalue weighted by Crippen LogP contribution is 2.20. The van der Waals surface area contributed by atoms with Gasteiger partial charge in [-0.3, -0.25) is 4.79 Å². The van der Waals surface area contributed by atoms with Crippen LogP contribution in [-0.4, -0.2) is 30.2 Å². The molecule has 3 nitrogen and oxygen atoms in total. The standard InChI is InChI=1S/C25H25NO2/c1-18-13-19(2)15-23(14-18)25(28)26(3)24(17-27)16-20-9-11-22(12-10-20)21-7-5-4-6-8-21/h4-15,17,24H,16H2,1-3H3/t24-/m0/s1. The summed E-state index contributed by atoms with van der Waals surface area (Å²) in [5.41, 5.74) is 6.00. The zero-order chi connectivity index (χ0) is 20.1. The normalized spacial score (nSPS) is 11.7. The third kappa shape index (κ3) is 4.55. The van der Waals surface area contributed by atoms with Crippen molar-refractivity contribution < 1.29 is 9.59 Å². The molecule has 0 spiro atoms. The average Bonchev–Trinajstić information content (AvgIpc) is 2.71. The van der Waals surface area contributed by atoms with Crippen LogP contribution in [0, 0.1) is 13.8 Å². The number of hydrogen-bond donors (Lipinski definition) is 0. The number of rotatable bonds is 6. The molecule has 0 aromatic heterocycles. The Bertz CT molecular complexity index is 941. The van der Waals surface area contributed by atoms with E-state index in [1.807, 2.05) is 62.4 Å². The summed E-state index contributed by atoms with van der Waals surface area (Å²) in [5, 5.41) is 0. The van der Waals surface area contributed by atoms with Crippen molar-refractivity contribution in [3.63, 3.8) is 0 Å². The monoisotopic (exact) mass is 371 g/mol. The van der Waals surface area contributed by atoms with Gasteiger partial charge in [0.25, 0.3) is 5.91 Å². The van der Waals surface area contributed by atoms with Crippen molar-refractivity contribution in [3.05, 3.63) is 95.1 Å². The molecule has 1 amide bonds. The summed E-state index contributed by atoms with van der Waals surface area (Å²) < 4.78 is 0. The first-order valence-corrected chi connectivity index (χ1v) is 9.43. The molecule has 0 bridgehead atoms. The number of nitrogens with zero attached hydrogens (tertiary/aromatic N) is 1. The largest absolute Gasteiger partial charge is 0.332 e. The van der Waals surface area contributed by atoms with Crippen molar-refractivity contribution in [2.75, 3.05) is 7.05 Å². The molecule has 0 aliphatic carbocycles. The highest BCUT2D eigenvalue weighted by molar-refractivity contribution is 5.96. The number of hydrogen-bond acceptors (Lipinski definition) is 2. The van der Waals surface area contributed by atoms with Crippen molar-refractivity contribution in [3.8, 4) is 11.1 Å². The smallest absolute Gasteiger partial charge is 0.254 e. The summed E-state index contributed by atoms with van der Waals surface area (Å²) >= 11 is 0. The molecule has 0 N–H and O–H groups in total. The van der Waals surface area contributed by atoms with E-state index in [4.69, 9.17) is 0 Å². The molecule has 3 rings (SSSR count). The fraction of sp³-hybridized carbons (Fsp3) is 0.200. The third-order valence-corrected chi connectivity index (χ3v) is 4.95. The molecule has 0 heterocycles. The number of aryl methyl sites for hydroxylation is 2. The lowest BCUT2D eigenvalue weighted by Crippen LogP contribution is -2.39. The van der Waals surface area contributed by atoms with Crippen LogP contribution in [0.1, 0.15) is 27.0 Å². The van der Waals surface area contributed by atoms with Gasteiger partial charge < -0.3 is 9.69 Å². The summed E-state index contributed by atoms with van der Waals surface area (Å²) in [6.45, 7) is 3.94. The van der Waals surface area contributed by atoms with E-state index in [2.05, 4.69) is 24.3 Å². The molecule has 0 aliphatic rings. The van der Waals surface area contributed by atoms with Crippen molar-refractivity contribution in [2.24, 2.45) is 0 Å². The van der Waals surface area contributed by atoms with Gasteiger partial charge in [-0.05, 0) is 49.1 Å². The van der Waals surface area contributed by atoms with Crippen LogP contribution in [0.2, 0.25) is 0 Å². The number of aldehydes is 1. The summed E-state index contributed by atoms with van der Waals surface area (Å²) in [6.07, 6.45) is 1.34. The predicted octanol–water partition coefficient (Wildman–Crippen LogP) is 4.85. The molecule has 3 aromatic carbocycles. The maximum atomic E-state index is 12.8. The van der Waals surface area contributed by atoms with Crippen molar-refractivity contribution in [1.29, 1.82) is 0 Å². The Kier molecular flexibility index (Phi) is 6.05. The Morgan fingerprint density at radius 1 is 0.893 bits per heavy atom. The van der Waals surface area contributed by atoms with Gasteiger partial charge in [0.2, 0.25) is 0 Å². The molecule has 0 unspecified atom stereocenters. The zero-order valence-corrected chi connectivity index (χ0v) is 16.6. The lowest BCUT2D eigenvalue weighted by Gasteiger charge is -2.24. The van der Waals surface area contributed by atoms with Crippen LogP contribution < -0.4 is 0 Å². The Morgan fingerprint density at radius 2 is 1.46 bits per heavy atom. The Balaban J connectivity index is 1.74. The van der Waals surface area contributed by atoms with E-state index in [9.17, 15) is 9.59 Å². The Hall–Kier alpha value is -3.20. The van der Waals surface area contributed by atoms with Crippen molar-refractivity contribution in [1.82, 2.24) is 4.90 Å². The first kappa shape index (κ1) is 19.6. The van der Waals surface area contributed by atoms with Gasteiger partial charge in [0, 0.05) is 12.6 Å². The molecule has 0 saturated heterocycles. The summed E-state index contributed by atoms with van der Waals surface area (Å²) in [4.78, 5) is 26.1. The van der Waals surface area contributed by atoms with Gasteiger partial charge in [0.05, 0.1) is 6.04 Å². The van der Waals surface area contributed by atoms with Gasteiger partial charge >= 0.3 is 0 Å². The van der Waals surface area contributed by atoms with Gasteiger partial charge in [-0.1, -0.05) is 71.8 Å². The Morgan fingerprint density at radius 3 is 2.04 bits per heavy atom. The first-order chi connectivity index (χ1) is 13.5. The molecular weight excluding hydrogens is 346 g/mol. The van der Waals surface area contributed by atoms with E-state index in [1.165, 1.54) is 4.90 Å². The van der Waals surface area contributed by atoms with E-state index >= 15 is 0 Å². The molecule has 28 heavy (non-hydrogen) atoms. The number of likely N-dealkylation sites (N-methyl/N-ethyl adjacent to an activating group) is 1. The molecule has 0 saturated carbocycles. The van der Waals surface area contributed by atoms with E-state index < -0.39 is 6.04 Å². The van der Waals surface area contributed by atoms with Gasteiger partial charge in [-0.25, -0.2) is 0 Å². The summed E-state index contributed by atoms with van der Waals surface area (Å²) in [7, 11) is 1.69. The van der Waals surface area contributed by atoms with Crippen LogP contribution in [0.3, 0.4) is 0 Å². The van der Waals surface area contributed by atoms with Gasteiger partial charge in [0.1, 0.15) is 6.29 Å². The second-order valence-corrected chi connectivity index (χ2v) is 7.26. The number of benzene rings is 3. The molecule has 3 heteroatoms. The molecule has 142 valence electrons. The van der Waals surface area contributed by atoms with Gasteiger partial charge in [-0.2, -0.15) is 0 Å². The predicted molar refractivity (Wildman–Crippen MR) is 113 cm³/mol. The SMILES string of the molecule is Cc1cc(C)cc(C(=O)N(C)[C@H](C=O)Cc2ccc(-c3ccccc3)cc2)c1. The summed E-state index contributed by atoms with van der Waals surface area (Å²) in [5.74, 6) is -0.134. The van der Waals surface area contributed by atoms with Crippen LogP contribution in [0.4, 0.5) is 0 Å². The van der Waals surface area contributed by atoms with E-state index in [1.54, 1.807) is 7.05 Å². The number of amides is 1. The van der Waals surface area contributed by atoms with Crippen LogP contribution in [0.25, 0.3) is 11.1 Å². The minimum Gasteiger partial charge on any atom is -0.332 e. The maximum absolute atomic E-state index is 12.8. The number of carbonyl (C=O) groups is 2. The lowest BCUT2D eigenvalue weighted by molar-refractivity contribution is -0.111. The molecule has 0 fully saturated rings. The van der Waals surface area contributed by atoms with Crippen molar-refractivity contribution in [2.45, 2.75) is 26.3 Å². The average molecular weight is 371 g/mol. The van der Waals surface area contributed by atoms with Crippen LogP contribution in [0.15, 0.2) is 72.8 Å². The summed E-state index contributed by atoms with van der Waals surface area (Å²) in [6, 6.07) is 23.6. The maximum Gasteiger partial charge on any atom is 0.254 e. The van der Waals surface area contributed by atoms with E-state index in [-0.39, 0.29) is 5.91 Å². The van der Waals surface area contributed by atoms with Gasteiger partial charge in [-0.15, -0.1) is 0 Å². The highest BCUT2D eigenvalue weighted by Gasteiger charge is 2.21. The third-order valence-electron chi connectivity index (χ3n) is 4.95. The van der Waals surface area contributed by atoms with E-state index in [0.29, 0.717) is 12.0 Å². The van der Waals surface area contributed by atoms with Crippen LogP contribution in [-0.2, 0) is 11.2 Å². The fourth-order valence-electron chi connectivity index (χ4n) is 3.43. The van der Waals surface area contributed by atoms with Crippen LogP contribution in [0.5, 0.6) is 0 Å². The zero-order valence-electron chi connectivity index (χ0n) is 16.6. The minimum absolute atomic E-state index is 0.134. The molecule has 1 atom stereocenters. The molecule has 3 aromatic rings. The van der Waals surface area contributed by atoms with Crippen molar-refractivity contribution >= 4 is 12.2 Å². The topological polar surface area (TPSA) is 37.4 Å². The Labute approximate surface area is 166 Å². The second-order valence-electron chi connectivity index (χ2n) is 7.26. The second kappa shape index (κ2) is 8.66. The molecular formula is C25H25NO2. The van der Waals surface area contributed by atoms with E-state index in [0.717, 1.165) is 34.1 Å². The first-order valence-electron chi connectivity index (χ1n) is 9.43. The van der Waals surface area contributed by atoms with Gasteiger partial charge in [0.15, 0.2) is 0 Å². The number of carbonyl (C=O) groups excluding carboxylic acids is 2. The highest BCUT2D eigenvalue weighted by atomic mass is 16.2. The molecule has 0 radical (unpaired) electrons. The fourth-order valence-corrected chi connectivity index (χ4v) is 3.43. The van der Waals surface area contributed by atoms with Crippen LogP contribution >= 0.6 is 0 Å².